The molecule has 0 N–H and O–H groups in total. The molecule has 1 atom stereocenters. The minimum atomic E-state index is -0.458. The fraction of sp³-hybridized carbons (Fsp3) is 0.533. The first-order valence-corrected chi connectivity index (χ1v) is 6.72. The third-order valence-corrected chi connectivity index (χ3v) is 3.51. The molecule has 0 bridgehead atoms. The number of rotatable bonds is 5. The zero-order chi connectivity index (χ0) is 13.7. The minimum absolute atomic E-state index is 0.209. The van der Waals surface area contributed by atoms with Crippen molar-refractivity contribution in [3.63, 3.8) is 0 Å². The minimum Gasteiger partial charge on any atom is -0.466 e. The van der Waals surface area contributed by atoms with Gasteiger partial charge in [0.1, 0.15) is 5.82 Å². The van der Waals surface area contributed by atoms with Crippen LogP contribution in [0.4, 0.5) is 4.39 Å². The van der Waals surface area contributed by atoms with Crippen LogP contribution in [0.3, 0.4) is 0 Å². The van der Waals surface area contributed by atoms with Crippen molar-refractivity contribution in [3.05, 3.63) is 35.6 Å². The highest BCUT2D eigenvalue weighted by molar-refractivity contribution is 5.69. The van der Waals surface area contributed by atoms with Gasteiger partial charge in [0, 0.05) is 13.0 Å². The van der Waals surface area contributed by atoms with Crippen LogP contribution >= 0.6 is 0 Å². The zero-order valence-corrected chi connectivity index (χ0v) is 11.2. The number of hydrogen-bond donors (Lipinski definition) is 0. The van der Waals surface area contributed by atoms with E-state index in [9.17, 15) is 9.18 Å². The van der Waals surface area contributed by atoms with Gasteiger partial charge in [-0.1, -0.05) is 12.1 Å². The summed E-state index contributed by atoms with van der Waals surface area (Å²) in [4.78, 5) is 11.5. The molecule has 0 saturated carbocycles. The van der Waals surface area contributed by atoms with Gasteiger partial charge < -0.3 is 9.47 Å². The number of esters is 1. The third-order valence-electron chi connectivity index (χ3n) is 3.51. The number of ether oxygens (including phenoxy) is 2. The molecule has 1 aliphatic heterocycles. The van der Waals surface area contributed by atoms with Crippen LogP contribution in [0.1, 0.15) is 38.2 Å². The molecule has 4 heteroatoms. The van der Waals surface area contributed by atoms with E-state index in [0.717, 1.165) is 18.4 Å². The Morgan fingerprint density at radius 1 is 1.42 bits per heavy atom. The topological polar surface area (TPSA) is 35.5 Å². The number of benzene rings is 1. The molecule has 104 valence electrons. The largest absolute Gasteiger partial charge is 0.466 e. The molecular weight excluding hydrogens is 247 g/mol. The molecule has 0 aromatic heterocycles. The van der Waals surface area contributed by atoms with E-state index in [1.165, 1.54) is 12.1 Å². The first-order valence-electron chi connectivity index (χ1n) is 6.72. The molecule has 1 fully saturated rings. The average Bonchev–Trinajstić information content (AvgIpc) is 2.88. The highest BCUT2D eigenvalue weighted by Gasteiger charge is 2.37. The van der Waals surface area contributed by atoms with E-state index in [4.69, 9.17) is 9.47 Å². The van der Waals surface area contributed by atoms with Crippen molar-refractivity contribution < 1.29 is 18.7 Å². The van der Waals surface area contributed by atoms with Crippen LogP contribution in [-0.2, 0) is 19.9 Å². The lowest BCUT2D eigenvalue weighted by molar-refractivity contribution is -0.144. The van der Waals surface area contributed by atoms with Crippen molar-refractivity contribution in [1.29, 1.82) is 0 Å². The van der Waals surface area contributed by atoms with E-state index >= 15 is 0 Å². The summed E-state index contributed by atoms with van der Waals surface area (Å²) in [6.45, 7) is 2.86. The number of hydrogen-bond acceptors (Lipinski definition) is 3. The third kappa shape index (κ3) is 3.32. The Hall–Kier alpha value is -1.42. The number of carbonyl (C=O) groups excluding carboxylic acids is 1. The second-order valence-corrected chi connectivity index (χ2v) is 4.76. The molecule has 1 aliphatic rings. The lowest BCUT2D eigenvalue weighted by Gasteiger charge is -2.28. The van der Waals surface area contributed by atoms with Gasteiger partial charge in [0.15, 0.2) is 0 Å². The number of halogens is 1. The van der Waals surface area contributed by atoms with Gasteiger partial charge in [-0.25, -0.2) is 4.39 Å². The Kier molecular flexibility index (Phi) is 4.53. The Morgan fingerprint density at radius 2 is 2.16 bits per heavy atom. The summed E-state index contributed by atoms with van der Waals surface area (Å²) in [7, 11) is 0. The van der Waals surface area contributed by atoms with Gasteiger partial charge in [-0.15, -0.1) is 0 Å². The molecule has 1 saturated heterocycles. The molecule has 0 aliphatic carbocycles. The molecule has 0 radical (unpaired) electrons. The molecule has 2 rings (SSSR count). The smallest absolute Gasteiger partial charge is 0.305 e. The lowest BCUT2D eigenvalue weighted by atomic mass is 9.86. The van der Waals surface area contributed by atoms with Crippen molar-refractivity contribution in [2.24, 2.45) is 0 Å². The Labute approximate surface area is 112 Å². The molecule has 1 heterocycles. The first-order chi connectivity index (χ1) is 9.16. The normalized spacial score (nSPS) is 22.4. The maximum atomic E-state index is 13.0. The monoisotopic (exact) mass is 266 g/mol. The van der Waals surface area contributed by atoms with E-state index in [1.54, 1.807) is 19.1 Å². The second-order valence-electron chi connectivity index (χ2n) is 4.76. The van der Waals surface area contributed by atoms with E-state index < -0.39 is 5.60 Å². The highest BCUT2D eigenvalue weighted by atomic mass is 19.1. The van der Waals surface area contributed by atoms with Gasteiger partial charge in [-0.05, 0) is 43.9 Å². The van der Waals surface area contributed by atoms with Gasteiger partial charge in [0.05, 0.1) is 12.2 Å². The molecule has 0 spiro atoms. The van der Waals surface area contributed by atoms with Gasteiger partial charge >= 0.3 is 5.97 Å². The molecule has 1 aromatic rings. The van der Waals surface area contributed by atoms with Crippen molar-refractivity contribution in [2.75, 3.05) is 13.2 Å². The second kappa shape index (κ2) is 6.15. The van der Waals surface area contributed by atoms with Crippen LogP contribution in [0.25, 0.3) is 0 Å². The summed E-state index contributed by atoms with van der Waals surface area (Å²) in [5, 5.41) is 0. The summed E-state index contributed by atoms with van der Waals surface area (Å²) in [5.41, 5.74) is 0.483. The van der Waals surface area contributed by atoms with Crippen LogP contribution in [-0.4, -0.2) is 19.2 Å². The summed E-state index contributed by atoms with van der Waals surface area (Å²) < 4.78 is 23.8. The highest BCUT2D eigenvalue weighted by Crippen LogP contribution is 2.40. The molecule has 3 nitrogen and oxygen atoms in total. The van der Waals surface area contributed by atoms with Crippen LogP contribution in [0.15, 0.2) is 24.3 Å². The summed E-state index contributed by atoms with van der Waals surface area (Å²) >= 11 is 0. The predicted molar refractivity (Wildman–Crippen MR) is 69.1 cm³/mol. The molecular formula is C15H19FO3. The van der Waals surface area contributed by atoms with Crippen molar-refractivity contribution in [3.8, 4) is 0 Å². The maximum Gasteiger partial charge on any atom is 0.305 e. The molecule has 1 aromatic carbocycles. The fourth-order valence-electron chi connectivity index (χ4n) is 2.56. The summed E-state index contributed by atoms with van der Waals surface area (Å²) in [6, 6.07) is 6.35. The van der Waals surface area contributed by atoms with Crippen molar-refractivity contribution in [2.45, 2.75) is 38.2 Å². The predicted octanol–water partition coefficient (Wildman–Crippen LogP) is 3.17. The number of carbonyl (C=O) groups is 1. The standard InChI is InChI=1S/C15H19FO3/c1-2-18-14(17)8-10-15(9-3-11-19-15)12-4-6-13(16)7-5-12/h4-7H,2-3,8-11H2,1H3. The molecule has 19 heavy (non-hydrogen) atoms. The van der Waals surface area contributed by atoms with Crippen LogP contribution in [0, 0.1) is 5.82 Å². The maximum absolute atomic E-state index is 13.0. The Balaban J connectivity index is 2.09. The lowest BCUT2D eigenvalue weighted by Crippen LogP contribution is -2.26. The molecule has 1 unspecified atom stereocenters. The summed E-state index contributed by atoms with van der Waals surface area (Å²) in [5.74, 6) is -0.471. The van der Waals surface area contributed by atoms with Crippen molar-refractivity contribution in [1.82, 2.24) is 0 Å². The molecule has 0 amide bonds. The fourth-order valence-corrected chi connectivity index (χ4v) is 2.56. The van der Waals surface area contributed by atoms with E-state index in [-0.39, 0.29) is 11.8 Å². The van der Waals surface area contributed by atoms with E-state index in [2.05, 4.69) is 0 Å². The van der Waals surface area contributed by atoms with Crippen LogP contribution in [0.2, 0.25) is 0 Å². The average molecular weight is 266 g/mol. The van der Waals surface area contributed by atoms with Crippen LogP contribution < -0.4 is 0 Å². The quantitative estimate of drug-likeness (QED) is 0.768. The van der Waals surface area contributed by atoms with Gasteiger partial charge in [-0.2, -0.15) is 0 Å². The van der Waals surface area contributed by atoms with Gasteiger partial charge in [0.25, 0.3) is 0 Å². The van der Waals surface area contributed by atoms with E-state index in [1.807, 2.05) is 0 Å². The van der Waals surface area contributed by atoms with Gasteiger partial charge in [0.2, 0.25) is 0 Å². The first kappa shape index (κ1) is 14.0. The van der Waals surface area contributed by atoms with Gasteiger partial charge in [-0.3, -0.25) is 4.79 Å². The van der Waals surface area contributed by atoms with E-state index in [0.29, 0.717) is 26.1 Å². The Bertz CT molecular complexity index is 422. The van der Waals surface area contributed by atoms with Crippen LogP contribution in [0.5, 0.6) is 0 Å². The SMILES string of the molecule is CCOC(=O)CCC1(c2ccc(F)cc2)CCCO1. The Morgan fingerprint density at radius 3 is 2.74 bits per heavy atom. The zero-order valence-electron chi connectivity index (χ0n) is 11.2. The summed E-state index contributed by atoms with van der Waals surface area (Å²) in [6.07, 6.45) is 2.72. The van der Waals surface area contributed by atoms with Crippen molar-refractivity contribution >= 4 is 5.97 Å².